The highest BCUT2D eigenvalue weighted by Crippen LogP contribution is 2.34. The van der Waals surface area contributed by atoms with Crippen LogP contribution in [-0.2, 0) is 13.1 Å². The van der Waals surface area contributed by atoms with E-state index in [2.05, 4.69) is 30.5 Å². The molecule has 0 unspecified atom stereocenters. The third kappa shape index (κ3) is 2.83. The van der Waals surface area contributed by atoms with Crippen LogP contribution in [0.3, 0.4) is 0 Å². The van der Waals surface area contributed by atoms with Crippen molar-refractivity contribution in [3.63, 3.8) is 0 Å². The maximum absolute atomic E-state index is 9.18. The highest BCUT2D eigenvalue weighted by Gasteiger charge is 2.41. The Kier molecular flexibility index (Phi) is 3.30. The molecule has 1 aromatic rings. The molecule has 0 aliphatic heterocycles. The van der Waals surface area contributed by atoms with Crippen molar-refractivity contribution in [1.29, 1.82) is 0 Å². The SMILES string of the molecule is CC(C)Cn1cc(CNC2(CO)CC2)cn1. The summed E-state index contributed by atoms with van der Waals surface area (Å²) in [4.78, 5) is 0. The summed E-state index contributed by atoms with van der Waals surface area (Å²) in [6.07, 6.45) is 6.16. The zero-order chi connectivity index (χ0) is 11.6. The number of aromatic nitrogens is 2. The first-order valence-corrected chi connectivity index (χ1v) is 6.01. The molecule has 1 aromatic heterocycles. The average Bonchev–Trinajstić information content (AvgIpc) is 2.90. The molecule has 16 heavy (non-hydrogen) atoms. The first kappa shape index (κ1) is 11.6. The number of hydrogen-bond donors (Lipinski definition) is 2. The number of aliphatic hydroxyl groups is 1. The van der Waals surface area contributed by atoms with Crippen LogP contribution in [0.1, 0.15) is 32.3 Å². The average molecular weight is 223 g/mol. The van der Waals surface area contributed by atoms with Crippen LogP contribution in [0.2, 0.25) is 0 Å². The minimum absolute atomic E-state index is 0.0140. The molecule has 0 amide bonds. The van der Waals surface area contributed by atoms with Gasteiger partial charge in [-0.05, 0) is 18.8 Å². The van der Waals surface area contributed by atoms with E-state index in [1.807, 2.05) is 10.9 Å². The number of nitrogens with one attached hydrogen (secondary N) is 1. The van der Waals surface area contributed by atoms with Gasteiger partial charge < -0.3 is 10.4 Å². The Bertz CT molecular complexity index is 342. The van der Waals surface area contributed by atoms with Crippen molar-refractivity contribution >= 4 is 0 Å². The van der Waals surface area contributed by atoms with Gasteiger partial charge in [-0.15, -0.1) is 0 Å². The Balaban J connectivity index is 1.83. The highest BCUT2D eigenvalue weighted by molar-refractivity contribution is 5.08. The van der Waals surface area contributed by atoms with Gasteiger partial charge in [0, 0.05) is 30.4 Å². The molecular weight excluding hydrogens is 202 g/mol. The van der Waals surface area contributed by atoms with Crippen LogP contribution in [-0.4, -0.2) is 27.0 Å². The Labute approximate surface area is 96.7 Å². The van der Waals surface area contributed by atoms with E-state index in [4.69, 9.17) is 0 Å². The van der Waals surface area contributed by atoms with Crippen LogP contribution in [0.4, 0.5) is 0 Å². The predicted octanol–water partition coefficient (Wildman–Crippen LogP) is 1.15. The normalized spacial score (nSPS) is 18.0. The summed E-state index contributed by atoms with van der Waals surface area (Å²) < 4.78 is 1.99. The fraction of sp³-hybridized carbons (Fsp3) is 0.750. The molecule has 2 rings (SSSR count). The van der Waals surface area contributed by atoms with E-state index >= 15 is 0 Å². The summed E-state index contributed by atoms with van der Waals surface area (Å²) in [5.74, 6) is 0.618. The third-order valence-electron chi connectivity index (χ3n) is 3.06. The van der Waals surface area contributed by atoms with Gasteiger partial charge in [0.1, 0.15) is 0 Å². The van der Waals surface area contributed by atoms with Crippen LogP contribution in [0.15, 0.2) is 12.4 Å². The van der Waals surface area contributed by atoms with Gasteiger partial charge in [0.25, 0.3) is 0 Å². The quantitative estimate of drug-likeness (QED) is 0.760. The van der Waals surface area contributed by atoms with Crippen LogP contribution >= 0.6 is 0 Å². The van der Waals surface area contributed by atoms with Crippen molar-refractivity contribution in [1.82, 2.24) is 15.1 Å². The van der Waals surface area contributed by atoms with Gasteiger partial charge in [-0.1, -0.05) is 13.8 Å². The second kappa shape index (κ2) is 4.55. The number of aliphatic hydroxyl groups excluding tert-OH is 1. The van der Waals surface area contributed by atoms with Gasteiger partial charge in [-0.3, -0.25) is 4.68 Å². The van der Waals surface area contributed by atoms with E-state index in [1.165, 1.54) is 5.56 Å². The smallest absolute Gasteiger partial charge is 0.0613 e. The molecule has 1 heterocycles. The lowest BCUT2D eigenvalue weighted by Gasteiger charge is -2.12. The number of hydrogen-bond acceptors (Lipinski definition) is 3. The summed E-state index contributed by atoms with van der Waals surface area (Å²) >= 11 is 0. The van der Waals surface area contributed by atoms with Crippen LogP contribution in [0.25, 0.3) is 0 Å². The van der Waals surface area contributed by atoms with Gasteiger partial charge in [0.05, 0.1) is 12.8 Å². The molecule has 1 saturated carbocycles. The zero-order valence-corrected chi connectivity index (χ0v) is 10.1. The highest BCUT2D eigenvalue weighted by atomic mass is 16.3. The molecule has 4 heteroatoms. The van der Waals surface area contributed by atoms with Crippen molar-refractivity contribution in [2.45, 2.75) is 45.3 Å². The molecule has 0 saturated heterocycles. The second-order valence-electron chi connectivity index (χ2n) is 5.26. The van der Waals surface area contributed by atoms with E-state index in [-0.39, 0.29) is 12.1 Å². The van der Waals surface area contributed by atoms with Crippen molar-refractivity contribution < 1.29 is 5.11 Å². The van der Waals surface area contributed by atoms with Crippen LogP contribution in [0, 0.1) is 5.92 Å². The number of nitrogens with zero attached hydrogens (tertiary/aromatic N) is 2. The van der Waals surface area contributed by atoms with E-state index < -0.39 is 0 Å². The standard InChI is InChI=1S/C12H21N3O/c1-10(2)7-15-8-11(6-14-15)5-13-12(9-16)3-4-12/h6,8,10,13,16H,3-5,7,9H2,1-2H3. The summed E-state index contributed by atoms with van der Waals surface area (Å²) in [6.45, 7) is 6.38. The van der Waals surface area contributed by atoms with Crippen molar-refractivity contribution in [3.05, 3.63) is 18.0 Å². The lowest BCUT2D eigenvalue weighted by atomic mass is 10.2. The lowest BCUT2D eigenvalue weighted by Crippen LogP contribution is -2.33. The lowest BCUT2D eigenvalue weighted by molar-refractivity contribution is 0.229. The maximum Gasteiger partial charge on any atom is 0.0613 e. The predicted molar refractivity (Wildman–Crippen MR) is 63.0 cm³/mol. The molecule has 0 spiro atoms. The van der Waals surface area contributed by atoms with E-state index in [9.17, 15) is 5.11 Å². The summed E-state index contributed by atoms with van der Waals surface area (Å²) in [7, 11) is 0. The maximum atomic E-state index is 9.18. The molecule has 1 fully saturated rings. The Hall–Kier alpha value is -0.870. The largest absolute Gasteiger partial charge is 0.394 e. The van der Waals surface area contributed by atoms with Crippen LogP contribution < -0.4 is 5.32 Å². The molecule has 90 valence electrons. The molecule has 0 atom stereocenters. The van der Waals surface area contributed by atoms with E-state index in [1.54, 1.807) is 0 Å². The van der Waals surface area contributed by atoms with Crippen LogP contribution in [0.5, 0.6) is 0 Å². The minimum Gasteiger partial charge on any atom is -0.394 e. The Morgan fingerprint density at radius 1 is 1.56 bits per heavy atom. The second-order valence-corrected chi connectivity index (χ2v) is 5.26. The van der Waals surface area contributed by atoms with Gasteiger partial charge >= 0.3 is 0 Å². The van der Waals surface area contributed by atoms with Crippen molar-refractivity contribution in [2.24, 2.45) is 5.92 Å². The van der Waals surface area contributed by atoms with Gasteiger partial charge in [0.2, 0.25) is 0 Å². The topological polar surface area (TPSA) is 50.1 Å². The molecule has 0 bridgehead atoms. The Morgan fingerprint density at radius 3 is 2.88 bits per heavy atom. The molecule has 1 aliphatic rings. The first-order valence-electron chi connectivity index (χ1n) is 6.01. The Morgan fingerprint density at radius 2 is 2.31 bits per heavy atom. The summed E-state index contributed by atoms with van der Waals surface area (Å²) in [5.41, 5.74) is 1.21. The molecule has 2 N–H and O–H groups in total. The van der Waals surface area contributed by atoms with E-state index in [0.717, 1.165) is 25.9 Å². The fourth-order valence-electron chi connectivity index (χ4n) is 1.80. The molecule has 1 aliphatic carbocycles. The summed E-state index contributed by atoms with van der Waals surface area (Å²) in [6, 6.07) is 0. The summed E-state index contributed by atoms with van der Waals surface area (Å²) in [5, 5.41) is 16.9. The van der Waals surface area contributed by atoms with Crippen molar-refractivity contribution in [3.8, 4) is 0 Å². The van der Waals surface area contributed by atoms with Gasteiger partial charge in [-0.25, -0.2) is 0 Å². The minimum atomic E-state index is 0.0140. The first-order chi connectivity index (χ1) is 7.63. The fourth-order valence-corrected chi connectivity index (χ4v) is 1.80. The number of rotatable bonds is 6. The van der Waals surface area contributed by atoms with Crippen molar-refractivity contribution in [2.75, 3.05) is 6.61 Å². The van der Waals surface area contributed by atoms with E-state index in [0.29, 0.717) is 5.92 Å². The van der Waals surface area contributed by atoms with Gasteiger partial charge in [-0.2, -0.15) is 5.10 Å². The molecule has 0 aromatic carbocycles. The zero-order valence-electron chi connectivity index (χ0n) is 10.1. The van der Waals surface area contributed by atoms with Gasteiger partial charge in [0.15, 0.2) is 0 Å². The molecular formula is C12H21N3O. The molecule has 4 nitrogen and oxygen atoms in total. The molecule has 0 radical (unpaired) electrons. The monoisotopic (exact) mass is 223 g/mol. The third-order valence-corrected chi connectivity index (χ3v) is 3.06.